The van der Waals surface area contributed by atoms with Gasteiger partial charge in [0.05, 0.1) is 0 Å². The molecule has 2 atom stereocenters. The van der Waals surface area contributed by atoms with E-state index in [4.69, 9.17) is 4.74 Å². The Balaban J connectivity index is 0.00000208. The summed E-state index contributed by atoms with van der Waals surface area (Å²) in [7, 11) is 0. The number of rotatable bonds is 4. The summed E-state index contributed by atoms with van der Waals surface area (Å²) in [6, 6.07) is 17.5. The zero-order valence-corrected chi connectivity index (χ0v) is 14.5. The molecule has 0 radical (unpaired) electrons. The van der Waals surface area contributed by atoms with Crippen LogP contribution in [0.2, 0.25) is 0 Å². The van der Waals surface area contributed by atoms with Crippen molar-refractivity contribution in [1.82, 2.24) is 5.32 Å². The van der Waals surface area contributed by atoms with Crippen LogP contribution in [0.3, 0.4) is 0 Å². The Morgan fingerprint density at radius 3 is 2.62 bits per heavy atom. The fourth-order valence-electron chi connectivity index (χ4n) is 2.88. The Kier molecular flexibility index (Phi) is 6.64. The van der Waals surface area contributed by atoms with Gasteiger partial charge in [0.15, 0.2) is 0 Å². The second kappa shape index (κ2) is 8.71. The normalized spacial score (nSPS) is 19.9. The molecule has 2 aromatic rings. The van der Waals surface area contributed by atoms with Crippen molar-refractivity contribution >= 4 is 24.0 Å². The molecule has 2 N–H and O–H groups in total. The molecule has 0 aliphatic carbocycles. The van der Waals surface area contributed by atoms with Gasteiger partial charge < -0.3 is 15.4 Å². The molecule has 0 bridgehead atoms. The van der Waals surface area contributed by atoms with E-state index in [-0.39, 0.29) is 24.2 Å². The van der Waals surface area contributed by atoms with Crippen molar-refractivity contribution in [2.75, 3.05) is 11.9 Å². The first kappa shape index (κ1) is 18.3. The highest BCUT2D eigenvalue weighted by Gasteiger charge is 2.24. The minimum atomic E-state index is 0. The fraction of sp³-hybridized carbons (Fsp3) is 0.316. The van der Waals surface area contributed by atoms with Crippen LogP contribution in [-0.4, -0.2) is 18.5 Å². The Morgan fingerprint density at radius 2 is 1.88 bits per heavy atom. The van der Waals surface area contributed by atoms with Crippen LogP contribution >= 0.6 is 12.4 Å². The van der Waals surface area contributed by atoms with E-state index in [9.17, 15) is 4.79 Å². The summed E-state index contributed by atoms with van der Waals surface area (Å²) < 4.78 is 5.80. The van der Waals surface area contributed by atoms with Crippen LogP contribution in [0.15, 0.2) is 54.6 Å². The number of nitrogens with one attached hydrogen (secondary N) is 2. The van der Waals surface area contributed by atoms with Crippen LogP contribution in [0.4, 0.5) is 5.69 Å². The van der Waals surface area contributed by atoms with Crippen molar-refractivity contribution in [1.29, 1.82) is 0 Å². The van der Waals surface area contributed by atoms with Gasteiger partial charge in [-0.1, -0.05) is 24.3 Å². The zero-order valence-electron chi connectivity index (χ0n) is 13.7. The predicted octanol–water partition coefficient (Wildman–Crippen LogP) is 4.23. The van der Waals surface area contributed by atoms with E-state index in [2.05, 4.69) is 17.6 Å². The third-order valence-electron chi connectivity index (χ3n) is 4.07. The second-order valence-corrected chi connectivity index (χ2v) is 6.01. The first-order valence-electron chi connectivity index (χ1n) is 8.08. The number of hydrogen-bond acceptors (Lipinski definition) is 3. The molecular weight excluding hydrogens is 324 g/mol. The van der Waals surface area contributed by atoms with Gasteiger partial charge in [-0.15, -0.1) is 12.4 Å². The molecule has 5 heteroatoms. The molecule has 2 aromatic carbocycles. The van der Waals surface area contributed by atoms with Crippen LogP contribution in [0.5, 0.6) is 11.5 Å². The number of piperidine rings is 1. The van der Waals surface area contributed by atoms with E-state index in [1.807, 2.05) is 54.6 Å². The van der Waals surface area contributed by atoms with Crippen LogP contribution in [0.1, 0.15) is 19.8 Å². The summed E-state index contributed by atoms with van der Waals surface area (Å²) in [5, 5.41) is 6.38. The van der Waals surface area contributed by atoms with Gasteiger partial charge >= 0.3 is 0 Å². The van der Waals surface area contributed by atoms with Gasteiger partial charge in [-0.3, -0.25) is 4.79 Å². The predicted molar refractivity (Wildman–Crippen MR) is 99.0 cm³/mol. The van der Waals surface area contributed by atoms with E-state index in [1.54, 1.807) is 0 Å². The molecule has 128 valence electrons. The second-order valence-electron chi connectivity index (χ2n) is 6.01. The number of para-hydroxylation sites is 1. The molecule has 1 saturated heterocycles. The number of halogens is 1. The minimum Gasteiger partial charge on any atom is -0.457 e. The van der Waals surface area contributed by atoms with E-state index >= 15 is 0 Å². The Labute approximate surface area is 149 Å². The van der Waals surface area contributed by atoms with Gasteiger partial charge in [-0.05, 0) is 50.6 Å². The summed E-state index contributed by atoms with van der Waals surface area (Å²) in [5.74, 6) is 1.66. The molecule has 3 rings (SSSR count). The lowest BCUT2D eigenvalue weighted by Crippen LogP contribution is -2.40. The van der Waals surface area contributed by atoms with E-state index < -0.39 is 0 Å². The Bertz CT molecular complexity index is 663. The molecule has 0 saturated carbocycles. The first-order chi connectivity index (χ1) is 11.2. The highest BCUT2D eigenvalue weighted by molar-refractivity contribution is 5.92. The van der Waals surface area contributed by atoms with Crippen LogP contribution in [-0.2, 0) is 4.79 Å². The number of benzene rings is 2. The lowest BCUT2D eigenvalue weighted by atomic mass is 9.92. The SMILES string of the molecule is C[C@H]1C[C@@H](C(=O)Nc2cccc(Oc3ccccc3)c2)CCN1.Cl. The number of amides is 1. The first-order valence-corrected chi connectivity index (χ1v) is 8.08. The van der Waals surface area contributed by atoms with E-state index in [0.717, 1.165) is 30.8 Å². The van der Waals surface area contributed by atoms with Crippen molar-refractivity contribution in [3.63, 3.8) is 0 Å². The molecule has 24 heavy (non-hydrogen) atoms. The maximum Gasteiger partial charge on any atom is 0.227 e. The molecule has 4 nitrogen and oxygen atoms in total. The van der Waals surface area contributed by atoms with Crippen molar-refractivity contribution < 1.29 is 9.53 Å². The maximum absolute atomic E-state index is 12.4. The van der Waals surface area contributed by atoms with Crippen molar-refractivity contribution in [3.05, 3.63) is 54.6 Å². The van der Waals surface area contributed by atoms with Gasteiger partial charge in [0, 0.05) is 23.7 Å². The lowest BCUT2D eigenvalue weighted by Gasteiger charge is -2.27. The van der Waals surface area contributed by atoms with Gasteiger partial charge in [0.1, 0.15) is 11.5 Å². The average molecular weight is 347 g/mol. The number of anilines is 1. The number of ether oxygens (including phenoxy) is 1. The third-order valence-corrected chi connectivity index (χ3v) is 4.07. The van der Waals surface area contributed by atoms with Crippen LogP contribution in [0, 0.1) is 5.92 Å². The Morgan fingerprint density at radius 1 is 1.12 bits per heavy atom. The minimum absolute atomic E-state index is 0. The van der Waals surface area contributed by atoms with Crippen molar-refractivity contribution in [2.24, 2.45) is 5.92 Å². The smallest absolute Gasteiger partial charge is 0.227 e. The molecular formula is C19H23ClN2O2. The highest BCUT2D eigenvalue weighted by atomic mass is 35.5. The monoisotopic (exact) mass is 346 g/mol. The molecule has 0 aromatic heterocycles. The van der Waals surface area contributed by atoms with Gasteiger partial charge in [0.25, 0.3) is 0 Å². The third kappa shape index (κ3) is 4.98. The molecule has 0 spiro atoms. The molecule has 1 aliphatic heterocycles. The summed E-state index contributed by atoms with van der Waals surface area (Å²) in [6.45, 7) is 3.02. The molecule has 1 aliphatic rings. The maximum atomic E-state index is 12.4. The van der Waals surface area contributed by atoms with Crippen LogP contribution in [0.25, 0.3) is 0 Å². The number of carbonyl (C=O) groups excluding carboxylic acids is 1. The average Bonchev–Trinajstić information content (AvgIpc) is 2.56. The largest absolute Gasteiger partial charge is 0.457 e. The number of carbonyl (C=O) groups is 1. The summed E-state index contributed by atoms with van der Waals surface area (Å²) >= 11 is 0. The van der Waals surface area contributed by atoms with Gasteiger partial charge in [0.2, 0.25) is 5.91 Å². The quantitative estimate of drug-likeness (QED) is 0.871. The Hall–Kier alpha value is -2.04. The number of hydrogen-bond donors (Lipinski definition) is 2. The molecule has 1 fully saturated rings. The summed E-state index contributed by atoms with van der Waals surface area (Å²) in [6.07, 6.45) is 1.77. The summed E-state index contributed by atoms with van der Waals surface area (Å²) in [4.78, 5) is 12.4. The van der Waals surface area contributed by atoms with Crippen molar-refractivity contribution in [3.8, 4) is 11.5 Å². The fourth-order valence-corrected chi connectivity index (χ4v) is 2.88. The highest BCUT2D eigenvalue weighted by Crippen LogP contribution is 2.25. The van der Waals surface area contributed by atoms with Crippen LogP contribution < -0.4 is 15.4 Å². The standard InChI is InChI=1S/C19H22N2O2.ClH/c1-14-12-15(10-11-20-14)19(22)21-16-6-5-9-18(13-16)23-17-7-3-2-4-8-17;/h2-9,13-15,20H,10-12H2,1H3,(H,21,22);1H/t14-,15-;/m0./s1. The zero-order chi connectivity index (χ0) is 16.1. The lowest BCUT2D eigenvalue weighted by molar-refractivity contribution is -0.120. The van der Waals surface area contributed by atoms with Gasteiger partial charge in [-0.2, -0.15) is 0 Å². The van der Waals surface area contributed by atoms with E-state index in [0.29, 0.717) is 11.8 Å². The molecule has 1 amide bonds. The van der Waals surface area contributed by atoms with E-state index in [1.165, 1.54) is 0 Å². The topological polar surface area (TPSA) is 50.4 Å². The van der Waals surface area contributed by atoms with Crippen molar-refractivity contribution in [2.45, 2.75) is 25.8 Å². The molecule has 0 unspecified atom stereocenters. The molecule has 1 heterocycles. The van der Waals surface area contributed by atoms with Gasteiger partial charge in [-0.25, -0.2) is 0 Å². The summed E-state index contributed by atoms with van der Waals surface area (Å²) in [5.41, 5.74) is 0.773.